The zero-order valence-corrected chi connectivity index (χ0v) is 20.8. The molecule has 1 saturated carbocycles. The zero-order valence-electron chi connectivity index (χ0n) is 20.8. The molecule has 0 radical (unpaired) electrons. The number of methoxy groups -OCH3 is 1. The van der Waals surface area contributed by atoms with Crippen LogP contribution in [-0.4, -0.2) is 24.3 Å². The van der Waals surface area contributed by atoms with Crippen LogP contribution in [0.3, 0.4) is 0 Å². The molecule has 1 aromatic heterocycles. The molecule has 0 spiro atoms. The summed E-state index contributed by atoms with van der Waals surface area (Å²) < 4.78 is 15.7. The van der Waals surface area contributed by atoms with Crippen molar-refractivity contribution in [1.82, 2.24) is 5.16 Å². The Labute approximate surface area is 215 Å². The van der Waals surface area contributed by atoms with Crippen molar-refractivity contribution < 1.29 is 23.6 Å². The number of rotatable bonds is 8. The van der Waals surface area contributed by atoms with Crippen LogP contribution in [0.5, 0.6) is 0 Å². The van der Waals surface area contributed by atoms with Crippen LogP contribution in [0.15, 0.2) is 83.4 Å². The van der Waals surface area contributed by atoms with Crippen molar-refractivity contribution in [3.05, 3.63) is 95.7 Å². The number of aromatic nitrogens is 1. The van der Waals surface area contributed by atoms with Crippen molar-refractivity contribution in [3.8, 4) is 22.5 Å². The molecule has 0 saturated heterocycles. The highest BCUT2D eigenvalue weighted by Gasteiger charge is 2.46. The Morgan fingerprint density at radius 1 is 0.919 bits per heavy atom. The predicted molar refractivity (Wildman–Crippen MR) is 140 cm³/mol. The molecule has 188 valence electrons. The summed E-state index contributed by atoms with van der Waals surface area (Å²) >= 11 is 0. The van der Waals surface area contributed by atoms with E-state index in [1.165, 1.54) is 12.7 Å². The number of nitrogens with zero attached hydrogens (tertiary/aromatic N) is 1. The number of carbonyl (C=O) groups is 2. The summed E-state index contributed by atoms with van der Waals surface area (Å²) in [5.41, 5.74) is 5.94. The Kier molecular flexibility index (Phi) is 6.77. The van der Waals surface area contributed by atoms with E-state index >= 15 is 0 Å². The molecule has 1 amide bonds. The second-order valence-electron chi connectivity index (χ2n) is 9.35. The molecule has 1 N–H and O–H groups in total. The van der Waals surface area contributed by atoms with Crippen molar-refractivity contribution in [2.75, 3.05) is 12.4 Å². The number of benzene rings is 3. The van der Waals surface area contributed by atoms with E-state index in [9.17, 15) is 9.59 Å². The van der Waals surface area contributed by atoms with Gasteiger partial charge in [-0.3, -0.25) is 10.1 Å². The lowest BCUT2D eigenvalue weighted by molar-refractivity contribution is -0.141. The molecule has 0 bridgehead atoms. The average molecular weight is 497 g/mol. The zero-order chi connectivity index (χ0) is 25.8. The van der Waals surface area contributed by atoms with Gasteiger partial charge in [-0.2, -0.15) is 0 Å². The van der Waals surface area contributed by atoms with E-state index in [4.69, 9.17) is 14.0 Å². The van der Waals surface area contributed by atoms with Gasteiger partial charge in [0.15, 0.2) is 5.76 Å². The molecule has 1 aliphatic carbocycles. The third-order valence-electron chi connectivity index (χ3n) is 6.84. The standard InChI is InChI=1S/C30H28N2O5/c1-20-27(31-29(34)36-19-21-6-4-3-5-7-21)28(37-32-20)24-10-8-22(9-11-24)23-12-14-25(15-13-23)30(16-17-30)18-26(33)35-2/h3-15H,16-19H2,1-2H3,(H,31,34). The SMILES string of the molecule is COC(=O)CC1(c2ccc(-c3ccc(-c4onc(C)c4NC(=O)OCc4ccccc4)cc3)cc2)CC1. The minimum absolute atomic E-state index is 0.0781. The normalized spacial score (nSPS) is 13.6. The lowest BCUT2D eigenvalue weighted by Gasteiger charge is -2.15. The number of amides is 1. The molecule has 4 aromatic rings. The van der Waals surface area contributed by atoms with Gasteiger partial charge in [0.2, 0.25) is 0 Å². The summed E-state index contributed by atoms with van der Waals surface area (Å²) in [5, 5.41) is 6.80. The molecule has 3 aromatic carbocycles. The second-order valence-corrected chi connectivity index (χ2v) is 9.35. The highest BCUT2D eigenvalue weighted by Crippen LogP contribution is 2.51. The molecule has 1 heterocycles. The van der Waals surface area contributed by atoms with Crippen molar-refractivity contribution in [2.24, 2.45) is 0 Å². The van der Waals surface area contributed by atoms with E-state index in [2.05, 4.69) is 34.7 Å². The van der Waals surface area contributed by atoms with Crippen molar-refractivity contribution >= 4 is 17.7 Å². The first-order valence-electron chi connectivity index (χ1n) is 12.2. The van der Waals surface area contributed by atoms with Gasteiger partial charge >= 0.3 is 12.1 Å². The maximum Gasteiger partial charge on any atom is 0.412 e. The van der Waals surface area contributed by atoms with E-state index in [1.54, 1.807) is 6.92 Å². The highest BCUT2D eigenvalue weighted by molar-refractivity contribution is 5.91. The summed E-state index contributed by atoms with van der Waals surface area (Å²) in [6, 6.07) is 25.7. The van der Waals surface area contributed by atoms with Crippen LogP contribution >= 0.6 is 0 Å². The van der Waals surface area contributed by atoms with Gasteiger partial charge in [-0.25, -0.2) is 4.79 Å². The average Bonchev–Trinajstić information content (AvgIpc) is 3.63. The molecular formula is C30H28N2O5. The number of anilines is 1. The lowest BCUT2D eigenvalue weighted by atomic mass is 9.91. The number of ether oxygens (including phenoxy) is 2. The first kappa shape index (κ1) is 24.3. The number of esters is 1. The lowest BCUT2D eigenvalue weighted by Crippen LogP contribution is -2.14. The van der Waals surface area contributed by atoms with E-state index in [0.29, 0.717) is 23.6 Å². The minimum Gasteiger partial charge on any atom is -0.469 e. The third-order valence-corrected chi connectivity index (χ3v) is 6.84. The molecule has 0 aliphatic heterocycles. The maximum atomic E-state index is 12.4. The van der Waals surface area contributed by atoms with Crippen LogP contribution in [0.2, 0.25) is 0 Å². The van der Waals surface area contributed by atoms with Gasteiger partial charge < -0.3 is 14.0 Å². The Morgan fingerprint density at radius 2 is 1.54 bits per heavy atom. The maximum absolute atomic E-state index is 12.4. The number of aryl methyl sites for hydroxylation is 1. The molecule has 7 nitrogen and oxygen atoms in total. The largest absolute Gasteiger partial charge is 0.469 e. The third kappa shape index (κ3) is 5.40. The molecule has 0 atom stereocenters. The van der Waals surface area contributed by atoms with Gasteiger partial charge in [-0.15, -0.1) is 0 Å². The Hall–Kier alpha value is -4.39. The number of nitrogens with one attached hydrogen (secondary N) is 1. The first-order chi connectivity index (χ1) is 18.0. The molecule has 1 aliphatic rings. The number of hydrogen-bond acceptors (Lipinski definition) is 6. The van der Waals surface area contributed by atoms with E-state index in [1.807, 2.05) is 54.6 Å². The predicted octanol–water partition coefficient (Wildman–Crippen LogP) is 6.66. The van der Waals surface area contributed by atoms with Gasteiger partial charge in [0.1, 0.15) is 18.0 Å². The summed E-state index contributed by atoms with van der Waals surface area (Å²) in [7, 11) is 1.43. The fourth-order valence-corrected chi connectivity index (χ4v) is 4.47. The quantitative estimate of drug-likeness (QED) is 0.274. The molecular weight excluding hydrogens is 468 g/mol. The molecule has 5 rings (SSSR count). The fraction of sp³-hybridized carbons (Fsp3) is 0.233. The second kappa shape index (κ2) is 10.3. The topological polar surface area (TPSA) is 90.7 Å². The van der Waals surface area contributed by atoms with E-state index in [0.717, 1.165) is 35.1 Å². The summed E-state index contributed by atoms with van der Waals surface area (Å²) in [5.74, 6) is 0.299. The summed E-state index contributed by atoms with van der Waals surface area (Å²) in [6.45, 7) is 1.94. The van der Waals surface area contributed by atoms with Crippen molar-refractivity contribution in [1.29, 1.82) is 0 Å². The molecule has 7 heteroatoms. The minimum atomic E-state index is -0.575. The number of hydrogen-bond donors (Lipinski definition) is 1. The van der Waals surface area contributed by atoms with Crippen LogP contribution in [0.4, 0.5) is 10.5 Å². The van der Waals surface area contributed by atoms with Crippen LogP contribution in [0.25, 0.3) is 22.5 Å². The summed E-state index contributed by atoms with van der Waals surface area (Å²) in [6.07, 6.45) is 1.85. The summed E-state index contributed by atoms with van der Waals surface area (Å²) in [4.78, 5) is 24.2. The van der Waals surface area contributed by atoms with E-state index in [-0.39, 0.29) is 18.0 Å². The monoisotopic (exact) mass is 496 g/mol. The molecule has 0 unspecified atom stereocenters. The molecule has 1 fully saturated rings. The smallest absolute Gasteiger partial charge is 0.412 e. The van der Waals surface area contributed by atoms with Gasteiger partial charge in [-0.1, -0.05) is 84.0 Å². The Morgan fingerprint density at radius 3 is 2.16 bits per heavy atom. The number of carbonyl (C=O) groups excluding carboxylic acids is 2. The van der Waals surface area contributed by atoms with Crippen LogP contribution in [0, 0.1) is 6.92 Å². The highest BCUT2D eigenvalue weighted by atomic mass is 16.5. The van der Waals surface area contributed by atoms with Gasteiger partial charge in [-0.05, 0) is 42.0 Å². The van der Waals surface area contributed by atoms with Crippen LogP contribution < -0.4 is 5.32 Å². The van der Waals surface area contributed by atoms with Crippen LogP contribution in [0.1, 0.15) is 36.1 Å². The van der Waals surface area contributed by atoms with Gasteiger partial charge in [0.25, 0.3) is 0 Å². The molecule has 37 heavy (non-hydrogen) atoms. The van der Waals surface area contributed by atoms with Gasteiger partial charge in [0, 0.05) is 11.0 Å². The first-order valence-corrected chi connectivity index (χ1v) is 12.2. The van der Waals surface area contributed by atoms with Crippen molar-refractivity contribution in [2.45, 2.75) is 38.2 Å². The van der Waals surface area contributed by atoms with Crippen LogP contribution in [-0.2, 0) is 26.3 Å². The van der Waals surface area contributed by atoms with E-state index < -0.39 is 6.09 Å². The van der Waals surface area contributed by atoms with Crippen molar-refractivity contribution in [3.63, 3.8) is 0 Å². The Balaban J connectivity index is 1.27. The Bertz CT molecular complexity index is 1390. The fourth-order valence-electron chi connectivity index (χ4n) is 4.47. The van der Waals surface area contributed by atoms with Gasteiger partial charge in [0.05, 0.1) is 13.5 Å².